The SMILES string of the molecule is CO[C@@H]1CN(c2ccc(-n3nc(C)cc3C)nn2)C[C@H]1c1cn[nH]n1. The third-order valence-corrected chi connectivity index (χ3v) is 4.57. The molecule has 25 heavy (non-hydrogen) atoms. The van der Waals surface area contributed by atoms with Gasteiger partial charge in [-0.25, -0.2) is 4.68 Å². The molecule has 4 heterocycles. The number of anilines is 1. The van der Waals surface area contributed by atoms with E-state index in [1.54, 1.807) is 18.0 Å². The highest BCUT2D eigenvalue weighted by atomic mass is 16.5. The predicted octanol–water partition coefficient (Wildman–Crippen LogP) is 1.02. The summed E-state index contributed by atoms with van der Waals surface area (Å²) in [5.41, 5.74) is 2.90. The van der Waals surface area contributed by atoms with Crippen LogP contribution in [0.4, 0.5) is 5.82 Å². The molecule has 0 aliphatic carbocycles. The Balaban J connectivity index is 1.55. The molecule has 0 unspecified atom stereocenters. The lowest BCUT2D eigenvalue weighted by molar-refractivity contribution is 0.105. The molecule has 9 nitrogen and oxygen atoms in total. The van der Waals surface area contributed by atoms with Gasteiger partial charge < -0.3 is 9.64 Å². The monoisotopic (exact) mass is 340 g/mol. The average molecular weight is 340 g/mol. The second-order valence-electron chi connectivity index (χ2n) is 6.27. The maximum Gasteiger partial charge on any atom is 0.176 e. The van der Waals surface area contributed by atoms with E-state index in [-0.39, 0.29) is 12.0 Å². The first-order valence-corrected chi connectivity index (χ1v) is 8.16. The van der Waals surface area contributed by atoms with Crippen LogP contribution >= 0.6 is 0 Å². The molecule has 3 aromatic heterocycles. The zero-order valence-electron chi connectivity index (χ0n) is 14.4. The summed E-state index contributed by atoms with van der Waals surface area (Å²) in [6, 6.07) is 5.92. The van der Waals surface area contributed by atoms with Crippen molar-refractivity contribution in [2.75, 3.05) is 25.1 Å². The molecule has 0 radical (unpaired) electrons. The van der Waals surface area contributed by atoms with Gasteiger partial charge >= 0.3 is 0 Å². The molecule has 1 N–H and O–H groups in total. The Labute approximate surface area is 145 Å². The van der Waals surface area contributed by atoms with Gasteiger partial charge in [-0.05, 0) is 32.0 Å². The van der Waals surface area contributed by atoms with E-state index in [9.17, 15) is 0 Å². The lowest BCUT2D eigenvalue weighted by Gasteiger charge is -2.16. The Morgan fingerprint density at radius 1 is 1.16 bits per heavy atom. The number of nitrogens with one attached hydrogen (secondary N) is 1. The molecule has 0 spiro atoms. The molecule has 1 fully saturated rings. The second-order valence-corrected chi connectivity index (χ2v) is 6.27. The van der Waals surface area contributed by atoms with Crippen molar-refractivity contribution in [3.05, 3.63) is 41.5 Å². The molecular weight excluding hydrogens is 320 g/mol. The summed E-state index contributed by atoms with van der Waals surface area (Å²) in [4.78, 5) is 2.16. The summed E-state index contributed by atoms with van der Waals surface area (Å²) in [5, 5.41) is 23.9. The van der Waals surface area contributed by atoms with Crippen molar-refractivity contribution < 1.29 is 4.74 Å². The molecule has 4 rings (SSSR count). The van der Waals surface area contributed by atoms with Crippen LogP contribution in [0.15, 0.2) is 24.4 Å². The highest BCUT2D eigenvalue weighted by Crippen LogP contribution is 2.30. The van der Waals surface area contributed by atoms with E-state index in [2.05, 4.69) is 35.6 Å². The molecule has 0 bridgehead atoms. The third-order valence-electron chi connectivity index (χ3n) is 4.57. The topological polar surface area (TPSA) is 97.6 Å². The molecule has 130 valence electrons. The Kier molecular flexibility index (Phi) is 3.92. The fourth-order valence-electron chi connectivity index (χ4n) is 3.33. The Bertz CT molecular complexity index is 842. The molecule has 1 aliphatic rings. The zero-order valence-corrected chi connectivity index (χ0v) is 14.4. The minimum atomic E-state index is 0.0441. The molecule has 0 amide bonds. The number of rotatable bonds is 4. The molecule has 0 saturated carbocycles. The number of hydrogen-bond acceptors (Lipinski definition) is 7. The van der Waals surface area contributed by atoms with Crippen LogP contribution in [0, 0.1) is 13.8 Å². The highest BCUT2D eigenvalue weighted by molar-refractivity contribution is 5.43. The van der Waals surface area contributed by atoms with Gasteiger partial charge in [0.05, 0.1) is 29.6 Å². The molecule has 1 aliphatic heterocycles. The first-order valence-electron chi connectivity index (χ1n) is 8.16. The van der Waals surface area contributed by atoms with Gasteiger partial charge in [-0.3, -0.25) is 0 Å². The van der Waals surface area contributed by atoms with Gasteiger partial charge in [0.15, 0.2) is 11.6 Å². The second kappa shape index (κ2) is 6.25. The normalized spacial score (nSPS) is 20.4. The largest absolute Gasteiger partial charge is 0.379 e. The van der Waals surface area contributed by atoms with Gasteiger partial charge in [-0.15, -0.1) is 10.2 Å². The van der Waals surface area contributed by atoms with Crippen molar-refractivity contribution in [2.45, 2.75) is 25.9 Å². The minimum absolute atomic E-state index is 0.0441. The standard InChI is InChI=1S/C16H20N8O/c1-10-6-11(2)24(21-10)16-5-4-15(19-20-16)23-8-12(14(9-23)25-3)13-7-17-22-18-13/h4-7,12,14H,8-9H2,1-3H3,(H,17,18,22)/t12-,14+/m0/s1. The fraction of sp³-hybridized carbons (Fsp3) is 0.438. The maximum absolute atomic E-state index is 5.63. The van der Waals surface area contributed by atoms with Crippen LogP contribution in [-0.4, -0.2) is 61.7 Å². The van der Waals surface area contributed by atoms with Crippen LogP contribution in [0.25, 0.3) is 5.82 Å². The molecule has 1 saturated heterocycles. The Hall–Kier alpha value is -2.81. The van der Waals surface area contributed by atoms with Crippen molar-refractivity contribution >= 4 is 5.82 Å². The average Bonchev–Trinajstić information content (AvgIpc) is 3.34. The van der Waals surface area contributed by atoms with Crippen LogP contribution in [0.1, 0.15) is 23.0 Å². The molecule has 0 aromatic carbocycles. The number of methoxy groups -OCH3 is 1. The van der Waals surface area contributed by atoms with Gasteiger partial charge in [0.2, 0.25) is 0 Å². The van der Waals surface area contributed by atoms with Crippen LogP contribution in [0.5, 0.6) is 0 Å². The molecule has 9 heteroatoms. The number of aryl methyl sites for hydroxylation is 2. The van der Waals surface area contributed by atoms with Crippen molar-refractivity contribution in [3.63, 3.8) is 0 Å². The fourth-order valence-corrected chi connectivity index (χ4v) is 3.33. The third kappa shape index (κ3) is 2.86. The van der Waals surface area contributed by atoms with E-state index in [0.29, 0.717) is 5.82 Å². The predicted molar refractivity (Wildman–Crippen MR) is 90.8 cm³/mol. The summed E-state index contributed by atoms with van der Waals surface area (Å²) < 4.78 is 7.42. The van der Waals surface area contributed by atoms with Crippen molar-refractivity contribution in [2.24, 2.45) is 0 Å². The van der Waals surface area contributed by atoms with Crippen LogP contribution < -0.4 is 4.90 Å². The van der Waals surface area contributed by atoms with Gasteiger partial charge in [-0.2, -0.15) is 20.5 Å². The van der Waals surface area contributed by atoms with E-state index in [0.717, 1.165) is 36.0 Å². The van der Waals surface area contributed by atoms with E-state index >= 15 is 0 Å². The number of H-pyrrole nitrogens is 1. The highest BCUT2D eigenvalue weighted by Gasteiger charge is 2.36. The lowest BCUT2D eigenvalue weighted by atomic mass is 10.0. The molecule has 2 atom stereocenters. The van der Waals surface area contributed by atoms with Crippen molar-refractivity contribution in [1.29, 1.82) is 0 Å². The summed E-state index contributed by atoms with van der Waals surface area (Å²) in [7, 11) is 1.72. The lowest BCUT2D eigenvalue weighted by Crippen LogP contribution is -2.23. The van der Waals surface area contributed by atoms with Crippen LogP contribution in [-0.2, 0) is 4.74 Å². The maximum atomic E-state index is 5.63. The summed E-state index contributed by atoms with van der Waals surface area (Å²) in [5.74, 6) is 1.68. The van der Waals surface area contributed by atoms with E-state index in [1.165, 1.54) is 0 Å². The van der Waals surface area contributed by atoms with Crippen molar-refractivity contribution in [3.8, 4) is 5.82 Å². The van der Waals surface area contributed by atoms with E-state index in [4.69, 9.17) is 4.74 Å². The Morgan fingerprint density at radius 2 is 1.96 bits per heavy atom. The van der Waals surface area contributed by atoms with Gasteiger partial charge in [0.25, 0.3) is 0 Å². The molecular formula is C16H20N8O. The summed E-state index contributed by atoms with van der Waals surface area (Å²) in [6.07, 6.45) is 1.79. The number of aromatic nitrogens is 7. The van der Waals surface area contributed by atoms with Gasteiger partial charge in [-0.1, -0.05) is 0 Å². The van der Waals surface area contributed by atoms with Crippen LogP contribution in [0.2, 0.25) is 0 Å². The zero-order chi connectivity index (χ0) is 17.4. The summed E-state index contributed by atoms with van der Waals surface area (Å²) in [6.45, 7) is 5.47. The van der Waals surface area contributed by atoms with E-state index < -0.39 is 0 Å². The minimum Gasteiger partial charge on any atom is -0.379 e. The quantitative estimate of drug-likeness (QED) is 0.757. The first-order chi connectivity index (χ1) is 12.2. The number of hydrogen-bond donors (Lipinski definition) is 1. The van der Waals surface area contributed by atoms with Gasteiger partial charge in [0, 0.05) is 25.9 Å². The number of aromatic amines is 1. The molecule has 3 aromatic rings. The summed E-state index contributed by atoms with van der Waals surface area (Å²) >= 11 is 0. The number of nitrogens with zero attached hydrogens (tertiary/aromatic N) is 7. The van der Waals surface area contributed by atoms with E-state index in [1.807, 2.05) is 32.0 Å². The number of ether oxygens (including phenoxy) is 1. The van der Waals surface area contributed by atoms with Gasteiger partial charge in [0.1, 0.15) is 0 Å². The Morgan fingerprint density at radius 3 is 2.56 bits per heavy atom. The van der Waals surface area contributed by atoms with Crippen LogP contribution in [0.3, 0.4) is 0 Å². The smallest absolute Gasteiger partial charge is 0.176 e. The van der Waals surface area contributed by atoms with Crippen molar-refractivity contribution in [1.82, 2.24) is 35.4 Å². The first kappa shape index (κ1) is 15.7.